The van der Waals surface area contributed by atoms with Gasteiger partial charge in [0.05, 0.1) is 18.6 Å². The van der Waals surface area contributed by atoms with E-state index in [1.165, 1.54) is 32.1 Å². The van der Waals surface area contributed by atoms with Gasteiger partial charge in [-0.25, -0.2) is 0 Å². The highest BCUT2D eigenvalue weighted by molar-refractivity contribution is 5.78. The second-order valence-corrected chi connectivity index (χ2v) is 4.20. The SMILES string of the molecule is NC(=O)C1COC1C1CCCCC1. The third-order valence-corrected chi connectivity index (χ3v) is 3.34. The lowest BCUT2D eigenvalue weighted by Crippen LogP contribution is -2.51. The summed E-state index contributed by atoms with van der Waals surface area (Å²) in [6, 6.07) is 0. The van der Waals surface area contributed by atoms with Crippen LogP contribution in [0.5, 0.6) is 0 Å². The zero-order valence-electron chi connectivity index (χ0n) is 7.87. The molecule has 2 atom stereocenters. The van der Waals surface area contributed by atoms with Crippen LogP contribution in [0.3, 0.4) is 0 Å². The summed E-state index contributed by atoms with van der Waals surface area (Å²) in [6.45, 7) is 0.552. The van der Waals surface area contributed by atoms with Gasteiger partial charge in [0.25, 0.3) is 0 Å². The number of hydrogen-bond acceptors (Lipinski definition) is 2. The number of carbonyl (C=O) groups is 1. The molecule has 3 nitrogen and oxygen atoms in total. The van der Waals surface area contributed by atoms with Crippen molar-refractivity contribution in [2.45, 2.75) is 38.2 Å². The van der Waals surface area contributed by atoms with E-state index in [9.17, 15) is 4.79 Å². The Kier molecular flexibility index (Phi) is 2.54. The van der Waals surface area contributed by atoms with E-state index >= 15 is 0 Å². The lowest BCUT2D eigenvalue weighted by Gasteiger charge is -2.41. The molecule has 1 aliphatic heterocycles. The number of ether oxygens (including phenoxy) is 1. The van der Waals surface area contributed by atoms with Crippen LogP contribution in [0.25, 0.3) is 0 Å². The van der Waals surface area contributed by atoms with Gasteiger partial charge in [-0.05, 0) is 18.8 Å². The molecular formula is C10H17NO2. The average Bonchev–Trinajstić information content (AvgIpc) is 2.02. The number of carbonyl (C=O) groups excluding carboxylic acids is 1. The molecule has 0 bridgehead atoms. The van der Waals surface area contributed by atoms with Crippen molar-refractivity contribution in [3.05, 3.63) is 0 Å². The second-order valence-electron chi connectivity index (χ2n) is 4.20. The number of nitrogens with two attached hydrogens (primary N) is 1. The fourth-order valence-corrected chi connectivity index (χ4v) is 2.47. The zero-order valence-corrected chi connectivity index (χ0v) is 7.87. The predicted molar refractivity (Wildman–Crippen MR) is 49.0 cm³/mol. The Morgan fingerprint density at radius 1 is 1.23 bits per heavy atom. The van der Waals surface area contributed by atoms with Gasteiger partial charge >= 0.3 is 0 Å². The summed E-state index contributed by atoms with van der Waals surface area (Å²) < 4.78 is 5.44. The molecule has 0 spiro atoms. The molecule has 0 aromatic carbocycles. The smallest absolute Gasteiger partial charge is 0.225 e. The molecule has 13 heavy (non-hydrogen) atoms. The molecule has 2 aliphatic rings. The molecule has 1 aliphatic carbocycles. The summed E-state index contributed by atoms with van der Waals surface area (Å²) in [6.07, 6.45) is 6.50. The molecule has 1 heterocycles. The molecular weight excluding hydrogens is 166 g/mol. The summed E-state index contributed by atoms with van der Waals surface area (Å²) in [4.78, 5) is 11.0. The van der Waals surface area contributed by atoms with Crippen molar-refractivity contribution in [2.24, 2.45) is 17.6 Å². The van der Waals surface area contributed by atoms with E-state index in [2.05, 4.69) is 0 Å². The van der Waals surface area contributed by atoms with Crippen LogP contribution in [0.2, 0.25) is 0 Å². The first kappa shape index (κ1) is 9.00. The van der Waals surface area contributed by atoms with Crippen molar-refractivity contribution in [3.8, 4) is 0 Å². The molecule has 2 fully saturated rings. The van der Waals surface area contributed by atoms with Crippen molar-refractivity contribution in [2.75, 3.05) is 6.61 Å². The molecule has 2 unspecified atom stereocenters. The molecule has 2 rings (SSSR count). The van der Waals surface area contributed by atoms with E-state index in [0.29, 0.717) is 12.5 Å². The Bertz CT molecular complexity index is 199. The molecule has 74 valence electrons. The lowest BCUT2D eigenvalue weighted by molar-refractivity contribution is -0.167. The maximum atomic E-state index is 11.0. The van der Waals surface area contributed by atoms with Gasteiger partial charge < -0.3 is 10.5 Å². The highest BCUT2D eigenvalue weighted by Gasteiger charge is 2.41. The van der Waals surface area contributed by atoms with Crippen LogP contribution in [-0.2, 0) is 9.53 Å². The van der Waals surface area contributed by atoms with Crippen LogP contribution in [0.1, 0.15) is 32.1 Å². The van der Waals surface area contributed by atoms with E-state index in [1.807, 2.05) is 0 Å². The standard InChI is InChI=1S/C10H17NO2/c11-10(12)8-6-13-9(8)7-4-2-1-3-5-7/h7-9H,1-6H2,(H2,11,12). The summed E-state index contributed by atoms with van der Waals surface area (Å²) in [5.41, 5.74) is 5.28. The monoisotopic (exact) mass is 183 g/mol. The minimum absolute atomic E-state index is 0.00287. The van der Waals surface area contributed by atoms with Crippen LogP contribution in [0, 0.1) is 11.8 Å². The maximum absolute atomic E-state index is 11.0. The van der Waals surface area contributed by atoms with Crippen molar-refractivity contribution >= 4 is 5.91 Å². The highest BCUT2D eigenvalue weighted by Crippen LogP contribution is 2.36. The predicted octanol–water partition coefficient (Wildman–Crippen LogP) is 1.07. The largest absolute Gasteiger partial charge is 0.376 e. The van der Waals surface area contributed by atoms with Gasteiger partial charge in [-0.3, -0.25) is 4.79 Å². The summed E-state index contributed by atoms with van der Waals surface area (Å²) >= 11 is 0. The maximum Gasteiger partial charge on any atom is 0.225 e. The number of amides is 1. The fraction of sp³-hybridized carbons (Fsp3) is 0.900. The Hall–Kier alpha value is -0.570. The van der Waals surface area contributed by atoms with Crippen LogP contribution < -0.4 is 5.73 Å². The van der Waals surface area contributed by atoms with E-state index in [1.54, 1.807) is 0 Å². The van der Waals surface area contributed by atoms with Gasteiger partial charge in [0, 0.05) is 0 Å². The zero-order chi connectivity index (χ0) is 9.26. The van der Waals surface area contributed by atoms with Gasteiger partial charge in [0.15, 0.2) is 0 Å². The van der Waals surface area contributed by atoms with Crippen molar-refractivity contribution < 1.29 is 9.53 Å². The van der Waals surface area contributed by atoms with Gasteiger partial charge in [-0.2, -0.15) is 0 Å². The summed E-state index contributed by atoms with van der Waals surface area (Å²) in [5.74, 6) is 0.421. The molecule has 2 N–H and O–H groups in total. The Balaban J connectivity index is 1.89. The van der Waals surface area contributed by atoms with Crippen molar-refractivity contribution in [1.82, 2.24) is 0 Å². The molecule has 0 aromatic heterocycles. The molecule has 1 saturated carbocycles. The minimum atomic E-state index is -0.179. The molecule has 0 aromatic rings. The molecule has 1 amide bonds. The number of hydrogen-bond donors (Lipinski definition) is 1. The van der Waals surface area contributed by atoms with Crippen LogP contribution >= 0.6 is 0 Å². The van der Waals surface area contributed by atoms with Gasteiger partial charge in [0.2, 0.25) is 5.91 Å². The molecule has 1 saturated heterocycles. The molecule has 0 radical (unpaired) electrons. The normalized spacial score (nSPS) is 35.4. The summed E-state index contributed by atoms with van der Waals surface area (Å²) in [5, 5.41) is 0. The Morgan fingerprint density at radius 3 is 2.38 bits per heavy atom. The number of primary amides is 1. The first-order chi connectivity index (χ1) is 6.29. The number of rotatable bonds is 2. The quantitative estimate of drug-likeness (QED) is 0.696. The fourth-order valence-electron chi connectivity index (χ4n) is 2.47. The van der Waals surface area contributed by atoms with Crippen molar-refractivity contribution in [1.29, 1.82) is 0 Å². The first-order valence-corrected chi connectivity index (χ1v) is 5.20. The van der Waals surface area contributed by atoms with Crippen LogP contribution in [0.15, 0.2) is 0 Å². The van der Waals surface area contributed by atoms with E-state index in [-0.39, 0.29) is 17.9 Å². The average molecular weight is 183 g/mol. The third-order valence-electron chi connectivity index (χ3n) is 3.34. The third kappa shape index (κ3) is 1.70. The van der Waals surface area contributed by atoms with Crippen LogP contribution in [-0.4, -0.2) is 18.6 Å². The Labute approximate surface area is 78.6 Å². The van der Waals surface area contributed by atoms with Gasteiger partial charge in [0.1, 0.15) is 0 Å². The van der Waals surface area contributed by atoms with Gasteiger partial charge in [-0.1, -0.05) is 19.3 Å². The van der Waals surface area contributed by atoms with Crippen LogP contribution in [0.4, 0.5) is 0 Å². The lowest BCUT2D eigenvalue weighted by atomic mass is 9.78. The van der Waals surface area contributed by atoms with E-state index in [0.717, 1.165) is 0 Å². The van der Waals surface area contributed by atoms with E-state index < -0.39 is 0 Å². The first-order valence-electron chi connectivity index (χ1n) is 5.20. The second kappa shape index (κ2) is 3.66. The molecule has 3 heteroatoms. The van der Waals surface area contributed by atoms with Crippen molar-refractivity contribution in [3.63, 3.8) is 0 Å². The highest BCUT2D eigenvalue weighted by atomic mass is 16.5. The Morgan fingerprint density at radius 2 is 1.92 bits per heavy atom. The minimum Gasteiger partial charge on any atom is -0.376 e. The van der Waals surface area contributed by atoms with E-state index in [4.69, 9.17) is 10.5 Å². The van der Waals surface area contributed by atoms with Gasteiger partial charge in [-0.15, -0.1) is 0 Å². The topological polar surface area (TPSA) is 52.3 Å². The summed E-state index contributed by atoms with van der Waals surface area (Å²) in [7, 11) is 0.